The minimum atomic E-state index is 0.0686. The molecule has 2 fully saturated rings. The Hall–Kier alpha value is -2.24. The summed E-state index contributed by atoms with van der Waals surface area (Å²) in [6, 6.07) is 0.0686. The molecule has 2 aromatic rings. The minimum Gasteiger partial charge on any atom is -0.334 e. The van der Waals surface area contributed by atoms with Crippen molar-refractivity contribution in [2.45, 2.75) is 44.6 Å². The molecule has 1 saturated heterocycles. The molecule has 23 heavy (non-hydrogen) atoms. The molecule has 0 bridgehead atoms. The zero-order valence-corrected chi connectivity index (χ0v) is 13.1. The zero-order chi connectivity index (χ0) is 15.6. The van der Waals surface area contributed by atoms with Gasteiger partial charge in [-0.15, -0.1) is 0 Å². The summed E-state index contributed by atoms with van der Waals surface area (Å²) in [5.74, 6) is 1.29. The molecule has 6 heteroatoms. The molecule has 0 radical (unpaired) electrons. The van der Waals surface area contributed by atoms with Crippen LogP contribution in [0.2, 0.25) is 0 Å². The molecule has 6 nitrogen and oxygen atoms in total. The van der Waals surface area contributed by atoms with Crippen molar-refractivity contribution >= 4 is 5.91 Å². The van der Waals surface area contributed by atoms with E-state index in [0.717, 1.165) is 43.7 Å². The van der Waals surface area contributed by atoms with Crippen LogP contribution in [0.25, 0.3) is 5.82 Å². The van der Waals surface area contributed by atoms with Gasteiger partial charge in [0.25, 0.3) is 0 Å². The number of likely N-dealkylation sites (tertiary alicyclic amines) is 1. The first-order valence-electron chi connectivity index (χ1n) is 8.43. The smallest absolute Gasteiger partial charge is 0.226 e. The van der Waals surface area contributed by atoms with Crippen LogP contribution in [0.3, 0.4) is 0 Å². The van der Waals surface area contributed by atoms with Crippen molar-refractivity contribution in [3.05, 3.63) is 36.8 Å². The van der Waals surface area contributed by atoms with E-state index in [9.17, 15) is 4.79 Å². The number of amides is 1. The van der Waals surface area contributed by atoms with Crippen LogP contribution in [0.4, 0.5) is 0 Å². The summed E-state index contributed by atoms with van der Waals surface area (Å²) < 4.78 is 1.84. The van der Waals surface area contributed by atoms with Crippen molar-refractivity contribution in [2.75, 3.05) is 6.54 Å². The second kappa shape index (κ2) is 6.10. The molecule has 2 aliphatic rings. The molecule has 3 heterocycles. The van der Waals surface area contributed by atoms with Gasteiger partial charge >= 0.3 is 0 Å². The van der Waals surface area contributed by atoms with E-state index >= 15 is 0 Å². The summed E-state index contributed by atoms with van der Waals surface area (Å²) in [6.07, 6.45) is 15.3. The van der Waals surface area contributed by atoms with Gasteiger partial charge in [-0.05, 0) is 25.7 Å². The SMILES string of the molecule is O=C(C1CCCC1)N1CCC[C@H]1c1cncc(-n2ccnc2)n1. The highest BCUT2D eigenvalue weighted by molar-refractivity contribution is 5.79. The minimum absolute atomic E-state index is 0.0686. The molecule has 4 rings (SSSR count). The molecule has 0 spiro atoms. The van der Waals surface area contributed by atoms with E-state index in [-0.39, 0.29) is 12.0 Å². The lowest BCUT2D eigenvalue weighted by molar-refractivity contribution is -0.136. The quantitative estimate of drug-likeness (QED) is 0.873. The Bertz CT molecular complexity index is 678. The van der Waals surface area contributed by atoms with E-state index in [2.05, 4.69) is 9.97 Å². The lowest BCUT2D eigenvalue weighted by atomic mass is 10.1. The van der Waals surface area contributed by atoms with Crippen LogP contribution in [0, 0.1) is 5.92 Å². The van der Waals surface area contributed by atoms with Crippen LogP contribution in [0.15, 0.2) is 31.1 Å². The first-order chi connectivity index (χ1) is 11.3. The van der Waals surface area contributed by atoms with Crippen molar-refractivity contribution < 1.29 is 4.79 Å². The van der Waals surface area contributed by atoms with Gasteiger partial charge in [0, 0.05) is 24.9 Å². The number of aromatic nitrogens is 4. The maximum Gasteiger partial charge on any atom is 0.226 e. The molecule has 2 aromatic heterocycles. The molecule has 1 saturated carbocycles. The standard InChI is InChI=1S/C17H21N5O/c23-17(13-4-1-2-5-13)22-8-3-6-15(22)14-10-19-11-16(20-14)21-9-7-18-12-21/h7,9-13,15H,1-6,8H2/t15-/m0/s1. The lowest BCUT2D eigenvalue weighted by Gasteiger charge is -2.27. The van der Waals surface area contributed by atoms with E-state index in [4.69, 9.17) is 4.98 Å². The molecular weight excluding hydrogens is 290 g/mol. The molecule has 0 aromatic carbocycles. The van der Waals surface area contributed by atoms with E-state index in [1.54, 1.807) is 24.9 Å². The first kappa shape index (κ1) is 14.4. The highest BCUT2D eigenvalue weighted by Crippen LogP contribution is 2.35. The number of carbonyl (C=O) groups excluding carboxylic acids is 1. The van der Waals surface area contributed by atoms with Crippen molar-refractivity contribution in [1.82, 2.24) is 24.4 Å². The van der Waals surface area contributed by atoms with Gasteiger partial charge in [-0.2, -0.15) is 0 Å². The van der Waals surface area contributed by atoms with Gasteiger partial charge in [0.2, 0.25) is 5.91 Å². The van der Waals surface area contributed by atoms with E-state index in [1.165, 1.54) is 12.8 Å². The summed E-state index contributed by atoms with van der Waals surface area (Å²) in [4.78, 5) is 27.9. The van der Waals surface area contributed by atoms with Gasteiger partial charge < -0.3 is 4.90 Å². The molecule has 0 unspecified atom stereocenters. The number of hydrogen-bond acceptors (Lipinski definition) is 4. The number of imidazole rings is 1. The Morgan fingerprint density at radius 1 is 1.09 bits per heavy atom. The van der Waals surface area contributed by atoms with Gasteiger partial charge in [0.1, 0.15) is 6.33 Å². The lowest BCUT2D eigenvalue weighted by Crippen LogP contribution is -2.35. The Morgan fingerprint density at radius 3 is 2.74 bits per heavy atom. The van der Waals surface area contributed by atoms with Crippen molar-refractivity contribution in [2.24, 2.45) is 5.92 Å². The van der Waals surface area contributed by atoms with Crippen LogP contribution < -0.4 is 0 Å². The fourth-order valence-electron chi connectivity index (χ4n) is 3.80. The molecule has 120 valence electrons. The molecular formula is C17H21N5O. The third-order valence-electron chi connectivity index (χ3n) is 4.99. The number of carbonyl (C=O) groups is 1. The Morgan fingerprint density at radius 2 is 1.96 bits per heavy atom. The predicted molar refractivity (Wildman–Crippen MR) is 84.8 cm³/mol. The van der Waals surface area contributed by atoms with E-state index in [1.807, 2.05) is 15.7 Å². The Kier molecular flexibility index (Phi) is 3.81. The van der Waals surface area contributed by atoms with Crippen LogP contribution in [0.1, 0.15) is 50.3 Å². The average molecular weight is 311 g/mol. The molecule has 1 amide bonds. The van der Waals surface area contributed by atoms with Crippen LogP contribution >= 0.6 is 0 Å². The summed E-state index contributed by atoms with van der Waals surface area (Å²) >= 11 is 0. The third kappa shape index (κ3) is 2.73. The average Bonchev–Trinajstić information content (AvgIpc) is 3.36. The predicted octanol–water partition coefficient (Wildman–Crippen LogP) is 2.52. The third-order valence-corrected chi connectivity index (χ3v) is 4.99. The van der Waals surface area contributed by atoms with Crippen LogP contribution in [-0.4, -0.2) is 36.9 Å². The second-order valence-electron chi connectivity index (χ2n) is 6.44. The van der Waals surface area contributed by atoms with Crippen LogP contribution in [-0.2, 0) is 4.79 Å². The molecule has 1 aliphatic heterocycles. The van der Waals surface area contributed by atoms with E-state index < -0.39 is 0 Å². The molecule has 0 N–H and O–H groups in total. The topological polar surface area (TPSA) is 63.9 Å². The molecule has 1 atom stereocenters. The Labute approximate surface area is 135 Å². The van der Waals surface area contributed by atoms with Crippen LogP contribution in [0.5, 0.6) is 0 Å². The van der Waals surface area contributed by atoms with Gasteiger partial charge in [-0.1, -0.05) is 12.8 Å². The summed E-state index contributed by atoms with van der Waals surface area (Å²) in [7, 11) is 0. The monoisotopic (exact) mass is 311 g/mol. The highest BCUT2D eigenvalue weighted by Gasteiger charge is 2.35. The normalized spacial score (nSPS) is 21.9. The van der Waals surface area contributed by atoms with Crippen molar-refractivity contribution in [3.63, 3.8) is 0 Å². The fourth-order valence-corrected chi connectivity index (χ4v) is 3.80. The fraction of sp³-hybridized carbons (Fsp3) is 0.529. The number of nitrogens with zero attached hydrogens (tertiary/aromatic N) is 5. The maximum atomic E-state index is 12.8. The summed E-state index contributed by atoms with van der Waals surface area (Å²) in [5.41, 5.74) is 0.889. The van der Waals surface area contributed by atoms with Crippen molar-refractivity contribution in [1.29, 1.82) is 0 Å². The Balaban J connectivity index is 1.59. The number of rotatable bonds is 3. The first-order valence-corrected chi connectivity index (χ1v) is 8.43. The highest BCUT2D eigenvalue weighted by atomic mass is 16.2. The van der Waals surface area contributed by atoms with Gasteiger partial charge in [-0.25, -0.2) is 9.97 Å². The summed E-state index contributed by atoms with van der Waals surface area (Å²) in [6.45, 7) is 0.844. The zero-order valence-electron chi connectivity index (χ0n) is 13.1. The van der Waals surface area contributed by atoms with Crippen molar-refractivity contribution in [3.8, 4) is 5.82 Å². The maximum absolute atomic E-state index is 12.8. The number of hydrogen-bond donors (Lipinski definition) is 0. The van der Waals surface area contributed by atoms with Gasteiger partial charge in [-0.3, -0.25) is 14.3 Å². The summed E-state index contributed by atoms with van der Waals surface area (Å²) in [5, 5.41) is 0. The molecule has 1 aliphatic carbocycles. The van der Waals surface area contributed by atoms with Gasteiger partial charge in [0.05, 0.1) is 24.1 Å². The van der Waals surface area contributed by atoms with Gasteiger partial charge in [0.15, 0.2) is 5.82 Å². The second-order valence-corrected chi connectivity index (χ2v) is 6.44. The largest absolute Gasteiger partial charge is 0.334 e. The van der Waals surface area contributed by atoms with E-state index in [0.29, 0.717) is 5.91 Å².